The molecule has 1 saturated heterocycles. The summed E-state index contributed by atoms with van der Waals surface area (Å²) in [5.74, 6) is -2.38. The van der Waals surface area contributed by atoms with Gasteiger partial charge in [0, 0.05) is 25.9 Å². The van der Waals surface area contributed by atoms with Crippen LogP contribution in [0.3, 0.4) is 0 Å². The van der Waals surface area contributed by atoms with Crippen molar-refractivity contribution in [2.75, 3.05) is 13.1 Å². The van der Waals surface area contributed by atoms with Crippen LogP contribution in [-0.2, 0) is 31.3 Å². The van der Waals surface area contributed by atoms with Crippen molar-refractivity contribution >= 4 is 34.8 Å². The normalized spacial score (nSPS) is 19.5. The molecule has 1 fully saturated rings. The molecule has 0 saturated carbocycles. The number of hydrogen-bond donors (Lipinski definition) is 2. The summed E-state index contributed by atoms with van der Waals surface area (Å²) in [6.07, 6.45) is 1.58. The molecule has 31 heavy (non-hydrogen) atoms. The first-order valence-corrected chi connectivity index (χ1v) is 11.1. The van der Waals surface area contributed by atoms with E-state index in [1.165, 1.54) is 22.9 Å². The molecule has 164 valence electrons. The highest BCUT2D eigenvalue weighted by molar-refractivity contribution is 8.18. The predicted octanol–water partition coefficient (Wildman–Crippen LogP) is 3.12. The van der Waals surface area contributed by atoms with Gasteiger partial charge in [0.15, 0.2) is 5.17 Å². The first-order valence-electron chi connectivity index (χ1n) is 10.3. The lowest BCUT2D eigenvalue weighted by molar-refractivity contribution is -0.137. The molecule has 3 aliphatic rings. The maximum atomic E-state index is 12.6. The number of nitrogens with zero attached hydrogens (tertiary/aromatic N) is 2. The number of fused-ring (bicyclic) bond motifs is 2. The Kier molecular flexibility index (Phi) is 6.15. The first-order chi connectivity index (χ1) is 14.9. The Morgan fingerprint density at radius 1 is 1.06 bits per heavy atom. The van der Waals surface area contributed by atoms with Gasteiger partial charge in [-0.15, -0.1) is 0 Å². The van der Waals surface area contributed by atoms with Crippen molar-refractivity contribution in [3.05, 3.63) is 45.9 Å². The van der Waals surface area contributed by atoms with Gasteiger partial charge in [-0.05, 0) is 54.1 Å². The van der Waals surface area contributed by atoms with E-state index in [9.17, 15) is 14.4 Å². The van der Waals surface area contributed by atoms with Gasteiger partial charge >= 0.3 is 11.9 Å². The number of amidine groups is 1. The van der Waals surface area contributed by atoms with Gasteiger partial charge in [-0.25, -0.2) is 0 Å². The second-order valence-corrected chi connectivity index (χ2v) is 8.93. The molecule has 1 spiro atoms. The topological polar surface area (TPSA) is 116 Å². The van der Waals surface area contributed by atoms with Gasteiger partial charge in [0.25, 0.3) is 5.91 Å². The van der Waals surface area contributed by atoms with Crippen molar-refractivity contribution in [1.29, 1.82) is 0 Å². The van der Waals surface area contributed by atoms with Crippen molar-refractivity contribution in [2.24, 2.45) is 4.99 Å². The number of hydrogen-bond acceptors (Lipinski definition) is 6. The Bertz CT molecular complexity index is 958. The number of carbonyl (C=O) groups is 3. The minimum atomic E-state index is -0.983. The molecule has 9 heteroatoms. The van der Waals surface area contributed by atoms with Crippen molar-refractivity contribution < 1.29 is 29.3 Å². The standard InChI is InChI=1S/C22H24N2O6S/c25-17(26)7-5-14(6-8-18(27)28)19-20(29)23-21(31-19)24-11-9-22(10-12-24)16-4-2-1-3-15(16)13-30-22/h1-4H,5-13H2,(H,25,26)(H,27,28). The zero-order chi connectivity index (χ0) is 22.0. The third-order valence-corrected chi connectivity index (χ3v) is 7.24. The quantitative estimate of drug-likeness (QED) is 0.643. The van der Waals surface area contributed by atoms with Gasteiger partial charge in [-0.2, -0.15) is 4.99 Å². The number of aliphatic carboxylic acids is 2. The van der Waals surface area contributed by atoms with E-state index in [0.29, 0.717) is 35.3 Å². The van der Waals surface area contributed by atoms with Gasteiger partial charge < -0.3 is 19.8 Å². The number of allylic oxidation sites excluding steroid dienone is 1. The van der Waals surface area contributed by atoms with E-state index in [2.05, 4.69) is 22.0 Å². The van der Waals surface area contributed by atoms with Crippen LogP contribution in [0.25, 0.3) is 0 Å². The molecule has 0 radical (unpaired) electrons. The number of carboxylic acid groups (broad SMARTS) is 2. The second-order valence-electron chi connectivity index (χ2n) is 7.95. The van der Waals surface area contributed by atoms with E-state index >= 15 is 0 Å². The van der Waals surface area contributed by atoms with E-state index in [0.717, 1.165) is 12.8 Å². The van der Waals surface area contributed by atoms with Crippen LogP contribution in [0.1, 0.15) is 49.7 Å². The number of thioether (sulfide) groups is 1. The smallest absolute Gasteiger partial charge is 0.303 e. The number of carbonyl (C=O) groups excluding carboxylic acids is 1. The Morgan fingerprint density at radius 3 is 2.35 bits per heavy atom. The molecule has 0 unspecified atom stereocenters. The number of amides is 1. The number of aliphatic imine (C=N–C) groups is 1. The van der Waals surface area contributed by atoms with E-state index in [1.807, 2.05) is 12.1 Å². The molecule has 1 aromatic rings. The molecule has 1 amide bonds. The SMILES string of the molecule is O=C(O)CCC(CCC(=O)O)=C1SC(N2CCC3(CC2)OCc2ccccc23)=NC1=O. The average Bonchev–Trinajstić information content (AvgIpc) is 3.30. The summed E-state index contributed by atoms with van der Waals surface area (Å²) in [4.78, 5) is 41.2. The number of likely N-dealkylation sites (tertiary alicyclic amines) is 1. The van der Waals surface area contributed by atoms with Crippen molar-refractivity contribution in [3.8, 4) is 0 Å². The molecule has 1 aromatic carbocycles. The summed E-state index contributed by atoms with van der Waals surface area (Å²) in [5, 5.41) is 18.6. The highest BCUT2D eigenvalue weighted by atomic mass is 32.2. The highest BCUT2D eigenvalue weighted by Crippen LogP contribution is 2.45. The lowest BCUT2D eigenvalue weighted by Gasteiger charge is -2.39. The average molecular weight is 445 g/mol. The van der Waals surface area contributed by atoms with Crippen LogP contribution in [0.15, 0.2) is 39.7 Å². The maximum absolute atomic E-state index is 12.6. The van der Waals surface area contributed by atoms with Crippen molar-refractivity contribution in [2.45, 2.75) is 50.7 Å². The lowest BCUT2D eigenvalue weighted by Crippen LogP contribution is -2.44. The zero-order valence-corrected chi connectivity index (χ0v) is 17.8. The molecule has 3 aliphatic heterocycles. The number of piperidine rings is 1. The number of benzene rings is 1. The summed E-state index contributed by atoms with van der Waals surface area (Å²) in [5.41, 5.74) is 2.75. The van der Waals surface area contributed by atoms with Crippen molar-refractivity contribution in [1.82, 2.24) is 4.90 Å². The molecule has 3 heterocycles. The Morgan fingerprint density at radius 2 is 1.71 bits per heavy atom. The largest absolute Gasteiger partial charge is 0.481 e. The van der Waals surface area contributed by atoms with Crippen LogP contribution >= 0.6 is 11.8 Å². The Balaban J connectivity index is 1.45. The molecule has 0 atom stereocenters. The third-order valence-electron chi connectivity index (χ3n) is 6.04. The fraction of sp³-hybridized carbons (Fsp3) is 0.455. The maximum Gasteiger partial charge on any atom is 0.303 e. The monoisotopic (exact) mass is 444 g/mol. The van der Waals surface area contributed by atoms with Gasteiger partial charge in [-0.1, -0.05) is 24.3 Å². The Labute approximate surface area is 184 Å². The number of ether oxygens (including phenoxy) is 1. The van der Waals surface area contributed by atoms with Gasteiger partial charge in [0.2, 0.25) is 0 Å². The van der Waals surface area contributed by atoms with Gasteiger partial charge in [0.1, 0.15) is 0 Å². The fourth-order valence-corrected chi connectivity index (χ4v) is 5.48. The minimum absolute atomic E-state index is 0.146. The molecule has 0 aromatic heterocycles. The zero-order valence-electron chi connectivity index (χ0n) is 17.0. The van der Waals surface area contributed by atoms with E-state index in [-0.39, 0.29) is 31.3 Å². The minimum Gasteiger partial charge on any atom is -0.481 e. The molecular formula is C22H24N2O6S. The lowest BCUT2D eigenvalue weighted by atomic mass is 9.84. The second kappa shape index (κ2) is 8.84. The summed E-state index contributed by atoms with van der Waals surface area (Å²) in [6, 6.07) is 8.27. The van der Waals surface area contributed by atoms with Crippen LogP contribution in [0.5, 0.6) is 0 Å². The number of rotatable bonds is 6. The molecule has 0 aliphatic carbocycles. The first kappa shape index (κ1) is 21.6. The van der Waals surface area contributed by atoms with E-state index in [4.69, 9.17) is 14.9 Å². The summed E-state index contributed by atoms with van der Waals surface area (Å²) < 4.78 is 6.19. The third kappa shape index (κ3) is 4.52. The molecule has 4 rings (SSSR count). The van der Waals surface area contributed by atoms with Gasteiger partial charge in [0.05, 0.1) is 17.1 Å². The summed E-state index contributed by atoms with van der Waals surface area (Å²) in [7, 11) is 0. The van der Waals surface area contributed by atoms with Crippen LogP contribution in [0.4, 0.5) is 0 Å². The van der Waals surface area contributed by atoms with Crippen LogP contribution < -0.4 is 0 Å². The summed E-state index contributed by atoms with van der Waals surface area (Å²) >= 11 is 1.23. The molecule has 2 N–H and O–H groups in total. The van der Waals surface area contributed by atoms with Crippen LogP contribution in [-0.4, -0.2) is 51.2 Å². The van der Waals surface area contributed by atoms with Gasteiger partial charge in [-0.3, -0.25) is 14.4 Å². The van der Waals surface area contributed by atoms with E-state index in [1.54, 1.807) is 0 Å². The van der Waals surface area contributed by atoms with Crippen molar-refractivity contribution in [3.63, 3.8) is 0 Å². The predicted molar refractivity (Wildman–Crippen MR) is 115 cm³/mol. The Hall–Kier alpha value is -2.65. The summed E-state index contributed by atoms with van der Waals surface area (Å²) in [6.45, 7) is 2.01. The van der Waals surface area contributed by atoms with E-state index < -0.39 is 17.8 Å². The fourth-order valence-electron chi connectivity index (χ4n) is 4.38. The number of carboxylic acids is 2. The molecule has 0 bridgehead atoms. The van der Waals surface area contributed by atoms with Crippen LogP contribution in [0.2, 0.25) is 0 Å². The van der Waals surface area contributed by atoms with Crippen LogP contribution in [0, 0.1) is 0 Å². The highest BCUT2D eigenvalue weighted by Gasteiger charge is 2.43. The molecular weight excluding hydrogens is 420 g/mol. The molecule has 8 nitrogen and oxygen atoms in total.